The van der Waals surface area contributed by atoms with E-state index in [4.69, 9.17) is 0 Å². The quantitative estimate of drug-likeness (QED) is 0.390. The summed E-state index contributed by atoms with van der Waals surface area (Å²) in [5.41, 5.74) is 5.13. The van der Waals surface area contributed by atoms with Gasteiger partial charge in [-0.2, -0.15) is 0 Å². The van der Waals surface area contributed by atoms with Crippen LogP contribution in [0.4, 0.5) is 17.1 Å². The first-order valence-corrected chi connectivity index (χ1v) is 13.6. The summed E-state index contributed by atoms with van der Waals surface area (Å²) >= 11 is 0. The second kappa shape index (κ2) is 11.0. The molecule has 3 aromatic rings. The molecule has 1 amide bonds. The Morgan fingerprint density at radius 1 is 0.889 bits per heavy atom. The fourth-order valence-corrected chi connectivity index (χ4v) is 5.38. The first kappa shape index (κ1) is 25.5. The van der Waals surface area contributed by atoms with Gasteiger partial charge in [0.15, 0.2) is 0 Å². The van der Waals surface area contributed by atoms with Crippen molar-refractivity contribution in [3.05, 3.63) is 90.0 Å². The molecule has 7 nitrogen and oxygen atoms in total. The maximum absolute atomic E-state index is 13.0. The summed E-state index contributed by atoms with van der Waals surface area (Å²) < 4.78 is 27.1. The molecule has 1 heterocycles. The SMILES string of the molecule is CCS(=O)(=O)N(CCCN(C)C)c1ccc(N/C(=C2\C(=O)Nc3ccccc32)c2ccccc2)cc1. The summed E-state index contributed by atoms with van der Waals surface area (Å²) in [5.74, 6) is -0.131. The van der Waals surface area contributed by atoms with Crippen LogP contribution in [0.15, 0.2) is 78.9 Å². The van der Waals surface area contributed by atoms with Gasteiger partial charge in [-0.3, -0.25) is 9.10 Å². The van der Waals surface area contributed by atoms with Gasteiger partial charge in [0, 0.05) is 23.5 Å². The fraction of sp³-hybridized carbons (Fsp3) is 0.250. The lowest BCUT2D eigenvalue weighted by Crippen LogP contribution is -2.34. The van der Waals surface area contributed by atoms with Crippen molar-refractivity contribution in [1.82, 2.24) is 4.90 Å². The molecule has 3 aromatic carbocycles. The summed E-state index contributed by atoms with van der Waals surface area (Å²) in [6, 6.07) is 24.6. The number of nitrogens with zero attached hydrogens (tertiary/aromatic N) is 2. The molecule has 2 N–H and O–H groups in total. The van der Waals surface area contributed by atoms with Crippen LogP contribution in [0.2, 0.25) is 0 Å². The third-order valence-electron chi connectivity index (χ3n) is 6.08. The minimum atomic E-state index is -3.41. The Hall–Kier alpha value is -3.62. The average Bonchev–Trinajstić information content (AvgIpc) is 3.21. The van der Waals surface area contributed by atoms with Crippen LogP contribution >= 0.6 is 0 Å². The van der Waals surface area contributed by atoms with E-state index in [0.717, 1.165) is 35.5 Å². The molecule has 0 atom stereocenters. The van der Waals surface area contributed by atoms with E-state index in [1.54, 1.807) is 19.1 Å². The lowest BCUT2D eigenvalue weighted by molar-refractivity contribution is -0.110. The maximum atomic E-state index is 13.0. The van der Waals surface area contributed by atoms with Crippen molar-refractivity contribution in [2.45, 2.75) is 13.3 Å². The zero-order valence-electron chi connectivity index (χ0n) is 20.9. The topological polar surface area (TPSA) is 81.8 Å². The van der Waals surface area contributed by atoms with Crippen molar-refractivity contribution in [2.24, 2.45) is 0 Å². The minimum absolute atomic E-state index is 0.0355. The molecule has 1 aliphatic heterocycles. The van der Waals surface area contributed by atoms with E-state index in [2.05, 4.69) is 10.6 Å². The molecule has 188 valence electrons. The number of hydrogen-bond acceptors (Lipinski definition) is 5. The molecular weight excluding hydrogens is 472 g/mol. The van der Waals surface area contributed by atoms with Crippen LogP contribution in [-0.2, 0) is 14.8 Å². The molecule has 1 aliphatic rings. The van der Waals surface area contributed by atoms with E-state index >= 15 is 0 Å². The van der Waals surface area contributed by atoms with E-state index in [9.17, 15) is 13.2 Å². The Bertz CT molecular complexity index is 1350. The predicted molar refractivity (Wildman–Crippen MR) is 148 cm³/mol. The number of anilines is 3. The van der Waals surface area contributed by atoms with Gasteiger partial charge in [-0.15, -0.1) is 0 Å². The third-order valence-corrected chi connectivity index (χ3v) is 7.87. The molecule has 0 bridgehead atoms. The third kappa shape index (κ3) is 5.61. The number of para-hydroxylation sites is 1. The number of fused-ring (bicyclic) bond motifs is 1. The van der Waals surface area contributed by atoms with Crippen LogP contribution in [0.5, 0.6) is 0 Å². The standard InChI is InChI=1S/C28H32N4O3S/c1-4-36(34,35)32(20-10-19-31(2)3)23-17-15-22(16-18-23)29-27(21-11-6-5-7-12-21)26-24-13-8-9-14-25(24)30-28(26)33/h5-9,11-18,29H,4,10,19-20H2,1-3H3,(H,30,33)/b27-26-. The second-order valence-corrected chi connectivity index (χ2v) is 11.1. The van der Waals surface area contributed by atoms with E-state index in [1.807, 2.05) is 85.7 Å². The van der Waals surface area contributed by atoms with Gasteiger partial charge < -0.3 is 15.5 Å². The number of sulfonamides is 1. The highest BCUT2D eigenvalue weighted by molar-refractivity contribution is 7.92. The Labute approximate surface area is 213 Å². The summed E-state index contributed by atoms with van der Waals surface area (Å²) in [6.45, 7) is 2.87. The smallest absolute Gasteiger partial charge is 0.258 e. The molecule has 0 radical (unpaired) electrons. The monoisotopic (exact) mass is 504 g/mol. The molecule has 0 aliphatic carbocycles. The number of rotatable bonds is 10. The van der Waals surface area contributed by atoms with Crippen LogP contribution < -0.4 is 14.9 Å². The first-order chi connectivity index (χ1) is 17.3. The largest absolute Gasteiger partial charge is 0.354 e. The van der Waals surface area contributed by atoms with Gasteiger partial charge in [-0.05, 0) is 69.9 Å². The van der Waals surface area contributed by atoms with E-state index in [-0.39, 0.29) is 11.7 Å². The summed E-state index contributed by atoms with van der Waals surface area (Å²) in [6.07, 6.45) is 0.727. The lowest BCUT2D eigenvalue weighted by Gasteiger charge is -2.25. The molecule has 36 heavy (non-hydrogen) atoms. The van der Waals surface area contributed by atoms with Gasteiger partial charge in [-0.1, -0.05) is 48.5 Å². The van der Waals surface area contributed by atoms with Crippen molar-refractivity contribution in [3.63, 3.8) is 0 Å². The lowest BCUT2D eigenvalue weighted by atomic mass is 10.00. The molecule has 0 aromatic heterocycles. The molecular formula is C28H32N4O3S. The first-order valence-electron chi connectivity index (χ1n) is 12.0. The molecule has 0 saturated heterocycles. The van der Waals surface area contributed by atoms with Crippen LogP contribution in [0.3, 0.4) is 0 Å². The Kier molecular flexibility index (Phi) is 7.76. The van der Waals surface area contributed by atoms with Crippen molar-refractivity contribution < 1.29 is 13.2 Å². The summed E-state index contributed by atoms with van der Waals surface area (Å²) in [5, 5.41) is 6.37. The predicted octanol–water partition coefficient (Wildman–Crippen LogP) is 4.73. The number of carbonyl (C=O) groups excluding carboxylic acids is 1. The number of amides is 1. The number of benzene rings is 3. The summed E-state index contributed by atoms with van der Waals surface area (Å²) in [4.78, 5) is 15.0. The zero-order valence-corrected chi connectivity index (χ0v) is 21.7. The fourth-order valence-electron chi connectivity index (χ4n) is 4.22. The van der Waals surface area contributed by atoms with Crippen molar-refractivity contribution >= 4 is 44.3 Å². The number of hydrogen-bond donors (Lipinski definition) is 2. The van der Waals surface area contributed by atoms with Gasteiger partial charge in [0.05, 0.1) is 22.7 Å². The normalized spacial score (nSPS) is 14.4. The highest BCUT2D eigenvalue weighted by Crippen LogP contribution is 2.37. The number of nitrogens with one attached hydrogen (secondary N) is 2. The molecule has 0 unspecified atom stereocenters. The van der Waals surface area contributed by atoms with Gasteiger partial charge in [0.2, 0.25) is 10.0 Å². The molecule has 0 fully saturated rings. The average molecular weight is 505 g/mol. The Balaban J connectivity index is 1.68. The van der Waals surface area contributed by atoms with Gasteiger partial charge in [0.25, 0.3) is 5.91 Å². The Morgan fingerprint density at radius 2 is 1.56 bits per heavy atom. The Morgan fingerprint density at radius 3 is 2.22 bits per heavy atom. The van der Waals surface area contributed by atoms with Gasteiger partial charge in [0.1, 0.15) is 0 Å². The zero-order chi connectivity index (χ0) is 25.7. The van der Waals surface area contributed by atoms with Crippen LogP contribution in [0, 0.1) is 0 Å². The minimum Gasteiger partial charge on any atom is -0.354 e. The highest BCUT2D eigenvalue weighted by Gasteiger charge is 2.28. The highest BCUT2D eigenvalue weighted by atomic mass is 32.2. The molecule has 0 saturated carbocycles. The molecule has 0 spiro atoms. The van der Waals surface area contributed by atoms with E-state index in [1.165, 1.54) is 4.31 Å². The molecule has 8 heteroatoms. The van der Waals surface area contributed by atoms with Crippen LogP contribution in [0.25, 0.3) is 11.3 Å². The van der Waals surface area contributed by atoms with E-state index in [0.29, 0.717) is 23.5 Å². The van der Waals surface area contributed by atoms with Gasteiger partial charge >= 0.3 is 0 Å². The van der Waals surface area contributed by atoms with Gasteiger partial charge in [-0.25, -0.2) is 8.42 Å². The van der Waals surface area contributed by atoms with Crippen molar-refractivity contribution in [1.29, 1.82) is 0 Å². The molecule has 4 rings (SSSR count). The van der Waals surface area contributed by atoms with Crippen molar-refractivity contribution in [3.8, 4) is 0 Å². The van der Waals surface area contributed by atoms with E-state index < -0.39 is 10.0 Å². The second-order valence-electron chi connectivity index (χ2n) is 8.92. The van der Waals surface area contributed by atoms with Crippen molar-refractivity contribution in [2.75, 3.05) is 47.9 Å². The van der Waals surface area contributed by atoms with Crippen LogP contribution in [0.1, 0.15) is 24.5 Å². The summed E-state index contributed by atoms with van der Waals surface area (Å²) in [7, 11) is 0.535. The van der Waals surface area contributed by atoms with Crippen LogP contribution in [-0.4, -0.2) is 52.2 Å². The number of carbonyl (C=O) groups is 1. The maximum Gasteiger partial charge on any atom is 0.258 e.